The molecule has 24 heavy (non-hydrogen) atoms. The van der Waals surface area contributed by atoms with Crippen LogP contribution in [0.5, 0.6) is 0 Å². The molecule has 3 rings (SSSR count). The Hall–Kier alpha value is -1.66. The summed E-state index contributed by atoms with van der Waals surface area (Å²) in [6.07, 6.45) is -0.436. The van der Waals surface area contributed by atoms with Crippen LogP contribution in [0.15, 0.2) is 40.8 Å². The molecule has 5 nitrogen and oxygen atoms in total. The Balaban J connectivity index is 1.46. The quantitative estimate of drug-likeness (QED) is 0.625. The highest BCUT2D eigenvalue weighted by Crippen LogP contribution is 2.23. The zero-order valence-electron chi connectivity index (χ0n) is 14.3. The monoisotopic (exact) mass is 332 g/mol. The molecule has 4 N–H and O–H groups in total. The molecular formula is C19H28N2O3+2. The smallest absolute Gasteiger partial charge is 0.158 e. The summed E-state index contributed by atoms with van der Waals surface area (Å²) in [4.78, 5) is 1.64. The van der Waals surface area contributed by atoms with Crippen LogP contribution < -0.4 is 10.2 Å². The highest BCUT2D eigenvalue weighted by Gasteiger charge is 2.14. The molecule has 5 heteroatoms. The average Bonchev–Trinajstić information content (AvgIpc) is 3.09. The Morgan fingerprint density at radius 2 is 1.88 bits per heavy atom. The first-order valence-electron chi connectivity index (χ1n) is 8.82. The van der Waals surface area contributed by atoms with Gasteiger partial charge in [-0.1, -0.05) is 24.3 Å². The number of quaternary nitrogens is 2. The minimum atomic E-state index is -0.436. The van der Waals surface area contributed by atoms with Crippen molar-refractivity contribution in [2.75, 3.05) is 39.4 Å². The van der Waals surface area contributed by atoms with Crippen LogP contribution in [0.25, 0.3) is 11.3 Å². The number of nitrogens with one attached hydrogen (secondary N) is 1. The molecule has 2 aromatic rings. The van der Waals surface area contributed by atoms with Gasteiger partial charge in [0.25, 0.3) is 0 Å². The number of hydrogen-bond acceptors (Lipinski definition) is 3. The molecule has 130 valence electrons. The molecule has 1 aromatic carbocycles. The van der Waals surface area contributed by atoms with Gasteiger partial charge >= 0.3 is 0 Å². The second kappa shape index (κ2) is 8.44. The molecule has 0 saturated carbocycles. The van der Waals surface area contributed by atoms with E-state index >= 15 is 0 Å². The first-order valence-corrected chi connectivity index (χ1v) is 8.82. The van der Waals surface area contributed by atoms with Crippen LogP contribution >= 0.6 is 0 Å². The van der Waals surface area contributed by atoms with Crippen molar-refractivity contribution in [1.29, 1.82) is 0 Å². The van der Waals surface area contributed by atoms with E-state index in [0.717, 1.165) is 62.0 Å². The van der Waals surface area contributed by atoms with Crippen LogP contribution in [-0.2, 0) is 11.3 Å². The Kier molecular flexibility index (Phi) is 6.04. The van der Waals surface area contributed by atoms with Gasteiger partial charge in [-0.25, -0.2) is 0 Å². The van der Waals surface area contributed by atoms with Crippen LogP contribution in [0.1, 0.15) is 24.4 Å². The molecule has 0 spiro atoms. The lowest BCUT2D eigenvalue weighted by molar-refractivity contribution is -0.920. The molecule has 0 amide bonds. The molecule has 0 bridgehead atoms. The van der Waals surface area contributed by atoms with Crippen LogP contribution in [0.3, 0.4) is 0 Å². The van der Waals surface area contributed by atoms with Crippen molar-refractivity contribution in [3.05, 3.63) is 47.7 Å². The van der Waals surface area contributed by atoms with E-state index in [1.54, 1.807) is 11.8 Å². The van der Waals surface area contributed by atoms with E-state index in [-0.39, 0.29) is 0 Å². The number of benzene rings is 1. The van der Waals surface area contributed by atoms with Crippen LogP contribution in [-0.4, -0.2) is 44.5 Å². The lowest BCUT2D eigenvalue weighted by Crippen LogP contribution is -3.16. The summed E-state index contributed by atoms with van der Waals surface area (Å²) in [6, 6.07) is 12.0. The third-order valence-corrected chi connectivity index (χ3v) is 4.59. The summed E-state index contributed by atoms with van der Waals surface area (Å²) in [7, 11) is 0. The van der Waals surface area contributed by atoms with Crippen LogP contribution in [0, 0.1) is 0 Å². The molecule has 1 aliphatic rings. The Morgan fingerprint density at radius 3 is 2.58 bits per heavy atom. The predicted octanol–water partition coefficient (Wildman–Crippen LogP) is -0.0216. The maximum atomic E-state index is 9.57. The van der Waals surface area contributed by atoms with Gasteiger partial charge in [0, 0.05) is 5.56 Å². The highest BCUT2D eigenvalue weighted by molar-refractivity contribution is 5.58. The van der Waals surface area contributed by atoms with E-state index in [1.165, 1.54) is 6.54 Å². The summed E-state index contributed by atoms with van der Waals surface area (Å²) in [6.45, 7) is 8.97. The fourth-order valence-electron chi connectivity index (χ4n) is 3.03. The predicted molar refractivity (Wildman–Crippen MR) is 91.7 cm³/mol. The van der Waals surface area contributed by atoms with Gasteiger partial charge in [-0.15, -0.1) is 0 Å². The number of rotatable bonds is 7. The second-order valence-corrected chi connectivity index (χ2v) is 6.46. The van der Waals surface area contributed by atoms with E-state index < -0.39 is 6.10 Å². The zero-order valence-corrected chi connectivity index (χ0v) is 14.3. The van der Waals surface area contributed by atoms with E-state index in [9.17, 15) is 5.11 Å². The van der Waals surface area contributed by atoms with Gasteiger partial charge in [-0.05, 0) is 24.6 Å². The van der Waals surface area contributed by atoms with Crippen molar-refractivity contribution in [1.82, 2.24) is 0 Å². The van der Waals surface area contributed by atoms with Crippen molar-refractivity contribution in [3.63, 3.8) is 0 Å². The second-order valence-electron chi connectivity index (χ2n) is 6.46. The summed E-state index contributed by atoms with van der Waals surface area (Å²) in [5, 5.41) is 11.9. The third kappa shape index (κ3) is 4.68. The fraction of sp³-hybridized carbons (Fsp3) is 0.474. The highest BCUT2D eigenvalue weighted by atomic mass is 16.5. The van der Waals surface area contributed by atoms with E-state index in [1.807, 2.05) is 30.3 Å². The third-order valence-electron chi connectivity index (χ3n) is 4.59. The molecular weight excluding hydrogens is 304 g/mol. The van der Waals surface area contributed by atoms with Crippen molar-refractivity contribution >= 4 is 0 Å². The first kappa shape index (κ1) is 17.2. The van der Waals surface area contributed by atoms with E-state index in [2.05, 4.69) is 11.4 Å². The van der Waals surface area contributed by atoms with Gasteiger partial charge < -0.3 is 24.5 Å². The van der Waals surface area contributed by atoms with Gasteiger partial charge in [0.05, 0.1) is 19.3 Å². The number of nitrogens with two attached hydrogens (primary N) is 1. The Bertz CT molecular complexity index is 616. The molecule has 0 radical (unpaired) electrons. The molecule has 1 aliphatic heterocycles. The van der Waals surface area contributed by atoms with Crippen molar-refractivity contribution in [3.8, 4) is 11.3 Å². The SMILES string of the molecule is C[C@@H](O)c1ccc(-c2ccc(C[NH2+]CC[NH+]3CCOCC3)o2)cc1. The average molecular weight is 332 g/mol. The molecule has 1 atom stereocenters. The van der Waals surface area contributed by atoms with Gasteiger partial charge in [-0.2, -0.15) is 0 Å². The summed E-state index contributed by atoms with van der Waals surface area (Å²) in [5.41, 5.74) is 1.97. The van der Waals surface area contributed by atoms with E-state index in [0.29, 0.717) is 0 Å². The van der Waals surface area contributed by atoms with E-state index in [4.69, 9.17) is 9.15 Å². The number of hydrogen-bond donors (Lipinski definition) is 3. The minimum Gasteiger partial charge on any atom is -0.455 e. The number of furan rings is 1. The largest absolute Gasteiger partial charge is 0.455 e. The molecule has 0 unspecified atom stereocenters. The number of morpholine rings is 1. The number of aliphatic hydroxyl groups is 1. The van der Waals surface area contributed by atoms with Crippen LogP contribution in [0.2, 0.25) is 0 Å². The molecule has 1 aromatic heterocycles. The van der Waals surface area contributed by atoms with Crippen molar-refractivity contribution in [2.45, 2.75) is 19.6 Å². The molecule has 1 saturated heterocycles. The minimum absolute atomic E-state index is 0.436. The Morgan fingerprint density at radius 1 is 1.12 bits per heavy atom. The van der Waals surface area contributed by atoms with Gasteiger partial charge in [0.1, 0.15) is 38.5 Å². The maximum absolute atomic E-state index is 9.57. The fourth-order valence-corrected chi connectivity index (χ4v) is 3.03. The summed E-state index contributed by atoms with van der Waals surface area (Å²) >= 11 is 0. The first-order chi connectivity index (χ1) is 11.7. The summed E-state index contributed by atoms with van der Waals surface area (Å²) in [5.74, 6) is 1.89. The Labute approximate surface area is 143 Å². The van der Waals surface area contributed by atoms with Gasteiger partial charge in [-0.3, -0.25) is 0 Å². The van der Waals surface area contributed by atoms with Gasteiger partial charge in [0.15, 0.2) is 5.76 Å². The standard InChI is InChI=1S/C19H26N2O3/c1-15(22)16-2-4-17(5-3-16)19-7-6-18(24-19)14-20-8-9-21-10-12-23-13-11-21/h2-7,15,20,22H,8-14H2,1H3/p+2/t15-/m1/s1. The van der Waals surface area contributed by atoms with Crippen molar-refractivity contribution in [2.24, 2.45) is 0 Å². The number of ether oxygens (including phenoxy) is 1. The molecule has 1 fully saturated rings. The topological polar surface area (TPSA) is 63.7 Å². The lowest BCUT2D eigenvalue weighted by atomic mass is 10.1. The maximum Gasteiger partial charge on any atom is 0.158 e. The molecule has 2 heterocycles. The zero-order chi connectivity index (χ0) is 16.8. The number of aliphatic hydroxyl groups excluding tert-OH is 1. The normalized spacial score (nSPS) is 17.1. The van der Waals surface area contributed by atoms with Crippen molar-refractivity contribution < 1.29 is 24.5 Å². The lowest BCUT2D eigenvalue weighted by Gasteiger charge is -2.22. The molecule has 0 aliphatic carbocycles. The van der Waals surface area contributed by atoms with Crippen LogP contribution in [0.4, 0.5) is 0 Å². The summed E-state index contributed by atoms with van der Waals surface area (Å²) < 4.78 is 11.3. The van der Waals surface area contributed by atoms with Gasteiger partial charge in [0.2, 0.25) is 0 Å².